The minimum Gasteiger partial charge on any atom is -0.367 e. The quantitative estimate of drug-likeness (QED) is 0.911. The summed E-state index contributed by atoms with van der Waals surface area (Å²) >= 11 is 0. The van der Waals surface area contributed by atoms with Crippen molar-refractivity contribution in [1.82, 2.24) is 9.97 Å². The Morgan fingerprint density at radius 2 is 2.00 bits per heavy atom. The lowest BCUT2D eigenvalue weighted by Gasteiger charge is -2.40. The molecule has 0 bridgehead atoms. The first-order chi connectivity index (χ1) is 11.4. The van der Waals surface area contributed by atoms with Gasteiger partial charge in [-0.15, -0.1) is 0 Å². The molecule has 4 nitrogen and oxygen atoms in total. The number of fused-ring (bicyclic) bond motifs is 1. The summed E-state index contributed by atoms with van der Waals surface area (Å²) in [5, 5.41) is 3.47. The zero-order valence-electron chi connectivity index (χ0n) is 15.4. The van der Waals surface area contributed by atoms with Gasteiger partial charge >= 0.3 is 0 Å². The van der Waals surface area contributed by atoms with Gasteiger partial charge in [0.05, 0.1) is 0 Å². The Bertz CT molecular complexity index is 723. The highest BCUT2D eigenvalue weighted by Gasteiger charge is 2.32. The standard InChI is InChI=1S/C20H28N4/c1-6-14(2)21-18-11-19(23-15(3)22-18)24-12-16-9-7-8-10-17(16)20(4,5)13-24/h7-11,14H,6,12-13H2,1-5H3,(H,21,22,23)/t14-/m0/s1. The first-order valence-corrected chi connectivity index (χ1v) is 8.84. The summed E-state index contributed by atoms with van der Waals surface area (Å²) in [5.74, 6) is 2.74. The normalized spacial score (nSPS) is 17.3. The maximum atomic E-state index is 4.70. The molecule has 0 radical (unpaired) electrons. The number of nitrogens with zero attached hydrogens (tertiary/aromatic N) is 3. The van der Waals surface area contributed by atoms with Gasteiger partial charge in [0.1, 0.15) is 17.5 Å². The van der Waals surface area contributed by atoms with Gasteiger partial charge in [-0.1, -0.05) is 45.0 Å². The predicted molar refractivity (Wildman–Crippen MR) is 101 cm³/mol. The summed E-state index contributed by atoms with van der Waals surface area (Å²) < 4.78 is 0. The predicted octanol–water partition coefficient (Wildman–Crippen LogP) is 4.29. The van der Waals surface area contributed by atoms with Gasteiger partial charge in [0, 0.05) is 30.6 Å². The Hall–Kier alpha value is -2.10. The van der Waals surface area contributed by atoms with Crippen LogP contribution in [-0.4, -0.2) is 22.6 Å². The molecule has 1 aliphatic rings. The lowest BCUT2D eigenvalue weighted by molar-refractivity contribution is 0.474. The first-order valence-electron chi connectivity index (χ1n) is 8.84. The van der Waals surface area contributed by atoms with E-state index >= 15 is 0 Å². The molecule has 0 amide bonds. The van der Waals surface area contributed by atoms with Crippen LogP contribution in [0.15, 0.2) is 30.3 Å². The SMILES string of the molecule is CC[C@H](C)Nc1cc(N2Cc3ccccc3C(C)(C)C2)nc(C)n1. The largest absolute Gasteiger partial charge is 0.367 e. The van der Waals surface area contributed by atoms with Crippen molar-refractivity contribution in [3.63, 3.8) is 0 Å². The van der Waals surface area contributed by atoms with Crippen LogP contribution >= 0.6 is 0 Å². The Kier molecular flexibility index (Phi) is 4.48. The fourth-order valence-corrected chi connectivity index (χ4v) is 3.45. The zero-order chi connectivity index (χ0) is 17.3. The van der Waals surface area contributed by atoms with E-state index in [1.54, 1.807) is 0 Å². The monoisotopic (exact) mass is 324 g/mol. The number of aryl methyl sites for hydroxylation is 1. The summed E-state index contributed by atoms with van der Waals surface area (Å²) in [6, 6.07) is 11.2. The zero-order valence-corrected chi connectivity index (χ0v) is 15.4. The van der Waals surface area contributed by atoms with E-state index in [2.05, 4.69) is 73.2 Å². The number of hydrogen-bond donors (Lipinski definition) is 1. The Morgan fingerprint density at radius 1 is 1.25 bits per heavy atom. The second-order valence-electron chi connectivity index (χ2n) is 7.51. The fourth-order valence-electron chi connectivity index (χ4n) is 3.45. The van der Waals surface area contributed by atoms with Crippen LogP contribution in [0.5, 0.6) is 0 Å². The Morgan fingerprint density at radius 3 is 2.75 bits per heavy atom. The third kappa shape index (κ3) is 3.37. The molecular formula is C20H28N4. The van der Waals surface area contributed by atoms with Crippen molar-refractivity contribution in [2.45, 2.75) is 59.0 Å². The highest BCUT2D eigenvalue weighted by molar-refractivity contribution is 5.53. The number of hydrogen-bond acceptors (Lipinski definition) is 4. The van der Waals surface area contributed by atoms with Gasteiger partial charge in [-0.25, -0.2) is 9.97 Å². The summed E-state index contributed by atoms with van der Waals surface area (Å²) in [6.45, 7) is 12.8. The highest BCUT2D eigenvalue weighted by Crippen LogP contribution is 2.35. The lowest BCUT2D eigenvalue weighted by atomic mass is 9.78. The molecule has 128 valence electrons. The van der Waals surface area contributed by atoms with Gasteiger partial charge in [-0.3, -0.25) is 0 Å². The van der Waals surface area contributed by atoms with Crippen LogP contribution in [0.25, 0.3) is 0 Å². The van der Waals surface area contributed by atoms with Crippen LogP contribution in [0.3, 0.4) is 0 Å². The highest BCUT2D eigenvalue weighted by atomic mass is 15.2. The molecule has 1 aliphatic heterocycles. The van der Waals surface area contributed by atoms with Crippen molar-refractivity contribution in [3.05, 3.63) is 47.3 Å². The maximum Gasteiger partial charge on any atom is 0.134 e. The van der Waals surface area contributed by atoms with Crippen LogP contribution in [-0.2, 0) is 12.0 Å². The van der Waals surface area contributed by atoms with Crippen molar-refractivity contribution in [3.8, 4) is 0 Å². The topological polar surface area (TPSA) is 41.0 Å². The molecule has 0 fully saturated rings. The van der Waals surface area contributed by atoms with Crippen LogP contribution in [0.1, 0.15) is 51.1 Å². The summed E-state index contributed by atoms with van der Waals surface area (Å²) in [5.41, 5.74) is 2.95. The summed E-state index contributed by atoms with van der Waals surface area (Å²) in [6.07, 6.45) is 1.07. The average Bonchev–Trinajstić information content (AvgIpc) is 2.53. The molecule has 2 aromatic rings. The van der Waals surface area contributed by atoms with Crippen molar-refractivity contribution in [1.29, 1.82) is 0 Å². The van der Waals surface area contributed by atoms with Crippen molar-refractivity contribution in [2.75, 3.05) is 16.8 Å². The average molecular weight is 324 g/mol. The van der Waals surface area contributed by atoms with Gasteiger partial charge in [-0.05, 0) is 31.4 Å². The number of aromatic nitrogens is 2. The number of rotatable bonds is 4. The van der Waals surface area contributed by atoms with E-state index in [0.29, 0.717) is 6.04 Å². The van der Waals surface area contributed by atoms with Gasteiger partial charge in [-0.2, -0.15) is 0 Å². The molecule has 1 aromatic heterocycles. The molecule has 3 rings (SSSR count). The van der Waals surface area contributed by atoms with E-state index in [4.69, 9.17) is 4.98 Å². The minimum atomic E-state index is 0.109. The summed E-state index contributed by atoms with van der Waals surface area (Å²) in [7, 11) is 0. The molecule has 0 spiro atoms. The van der Waals surface area contributed by atoms with E-state index < -0.39 is 0 Å². The molecule has 2 heterocycles. The van der Waals surface area contributed by atoms with E-state index in [1.165, 1.54) is 11.1 Å². The first kappa shape index (κ1) is 16.7. The van der Waals surface area contributed by atoms with Crippen molar-refractivity contribution in [2.24, 2.45) is 0 Å². The molecule has 24 heavy (non-hydrogen) atoms. The maximum absolute atomic E-state index is 4.70. The lowest BCUT2D eigenvalue weighted by Crippen LogP contribution is -2.42. The van der Waals surface area contributed by atoms with Gasteiger partial charge in [0.15, 0.2) is 0 Å². The van der Waals surface area contributed by atoms with Gasteiger partial charge in [0.2, 0.25) is 0 Å². The molecule has 0 saturated carbocycles. The molecule has 0 unspecified atom stereocenters. The van der Waals surface area contributed by atoms with Gasteiger partial charge < -0.3 is 10.2 Å². The molecule has 0 saturated heterocycles. The molecule has 1 atom stereocenters. The second-order valence-corrected chi connectivity index (χ2v) is 7.51. The van der Waals surface area contributed by atoms with Crippen LogP contribution in [0.4, 0.5) is 11.6 Å². The van der Waals surface area contributed by atoms with Gasteiger partial charge in [0.25, 0.3) is 0 Å². The minimum absolute atomic E-state index is 0.109. The van der Waals surface area contributed by atoms with E-state index in [1.807, 2.05) is 6.92 Å². The van der Waals surface area contributed by atoms with E-state index in [0.717, 1.165) is 37.0 Å². The smallest absolute Gasteiger partial charge is 0.134 e. The fraction of sp³-hybridized carbons (Fsp3) is 0.500. The number of nitrogens with one attached hydrogen (secondary N) is 1. The van der Waals surface area contributed by atoms with E-state index in [9.17, 15) is 0 Å². The van der Waals surface area contributed by atoms with Crippen LogP contribution in [0, 0.1) is 6.92 Å². The summed E-state index contributed by atoms with van der Waals surface area (Å²) in [4.78, 5) is 11.6. The van der Waals surface area contributed by atoms with Crippen LogP contribution in [0.2, 0.25) is 0 Å². The third-order valence-electron chi connectivity index (χ3n) is 4.85. The molecule has 1 N–H and O–H groups in total. The molecule has 4 heteroatoms. The second kappa shape index (κ2) is 6.42. The van der Waals surface area contributed by atoms with Crippen molar-refractivity contribution < 1.29 is 0 Å². The van der Waals surface area contributed by atoms with Crippen LogP contribution < -0.4 is 10.2 Å². The third-order valence-corrected chi connectivity index (χ3v) is 4.85. The van der Waals surface area contributed by atoms with Crippen molar-refractivity contribution >= 4 is 11.6 Å². The molecular weight excluding hydrogens is 296 g/mol. The molecule has 1 aromatic carbocycles. The Balaban J connectivity index is 1.93. The number of anilines is 2. The molecule has 0 aliphatic carbocycles. The number of benzene rings is 1. The Labute approximate surface area is 145 Å². The van der Waals surface area contributed by atoms with E-state index in [-0.39, 0.29) is 5.41 Å².